The number of amides is 1. The normalized spacial score (nSPS) is 12.8. The number of likely N-dealkylation sites (N-methyl/N-ethyl adjacent to an activating group) is 1. The van der Waals surface area contributed by atoms with Crippen molar-refractivity contribution in [3.63, 3.8) is 0 Å². The maximum atomic E-state index is 12.7. The number of nitrogens with two attached hydrogens (primary N) is 1. The molecule has 5 nitrogen and oxygen atoms in total. The van der Waals surface area contributed by atoms with Crippen LogP contribution in [0.1, 0.15) is 17.5 Å². The third-order valence-electron chi connectivity index (χ3n) is 4.69. The van der Waals surface area contributed by atoms with Gasteiger partial charge in [0, 0.05) is 31.5 Å². The molecule has 3 rings (SSSR count). The second kappa shape index (κ2) is 8.81. The second-order valence-corrected chi connectivity index (χ2v) is 6.47. The minimum absolute atomic E-state index is 0. The quantitative estimate of drug-likeness (QED) is 0.816. The summed E-state index contributed by atoms with van der Waals surface area (Å²) in [6, 6.07) is 13.7. The van der Waals surface area contributed by atoms with Crippen LogP contribution in [0.15, 0.2) is 42.5 Å². The summed E-state index contributed by atoms with van der Waals surface area (Å²) in [5, 5.41) is 0. The van der Waals surface area contributed by atoms with Crippen molar-refractivity contribution in [2.75, 3.05) is 37.9 Å². The monoisotopic (exact) mass is 375 g/mol. The number of nitrogens with zero attached hydrogens (tertiary/aromatic N) is 2. The molecule has 6 heteroatoms. The van der Waals surface area contributed by atoms with Crippen LogP contribution in [0.5, 0.6) is 5.75 Å². The highest BCUT2D eigenvalue weighted by atomic mass is 35.5. The lowest BCUT2D eigenvalue weighted by Gasteiger charge is -2.32. The number of halogens is 1. The van der Waals surface area contributed by atoms with Gasteiger partial charge in [-0.2, -0.15) is 0 Å². The van der Waals surface area contributed by atoms with Crippen LogP contribution >= 0.6 is 12.4 Å². The molecule has 2 aromatic carbocycles. The Kier molecular flexibility index (Phi) is 6.75. The van der Waals surface area contributed by atoms with Crippen molar-refractivity contribution in [1.82, 2.24) is 4.90 Å². The van der Waals surface area contributed by atoms with E-state index >= 15 is 0 Å². The molecular weight excluding hydrogens is 350 g/mol. The summed E-state index contributed by atoms with van der Waals surface area (Å²) < 4.78 is 5.25. The number of hydrogen-bond donors (Lipinski definition) is 1. The number of anilines is 2. The number of methoxy groups -OCH3 is 1. The number of ether oxygens (including phenoxy) is 1. The summed E-state index contributed by atoms with van der Waals surface area (Å²) in [4.78, 5) is 16.6. The molecule has 0 fully saturated rings. The highest BCUT2D eigenvalue weighted by molar-refractivity contribution is 5.85. The van der Waals surface area contributed by atoms with Crippen molar-refractivity contribution in [2.24, 2.45) is 0 Å². The number of hydrogen-bond acceptors (Lipinski definition) is 4. The van der Waals surface area contributed by atoms with Gasteiger partial charge in [0.1, 0.15) is 5.75 Å². The number of nitrogen functional groups attached to an aromatic ring is 1. The zero-order valence-corrected chi connectivity index (χ0v) is 16.1. The lowest BCUT2D eigenvalue weighted by Crippen LogP contribution is -2.40. The van der Waals surface area contributed by atoms with E-state index in [2.05, 4.69) is 11.0 Å². The molecule has 26 heavy (non-hydrogen) atoms. The van der Waals surface area contributed by atoms with Crippen LogP contribution in [0.25, 0.3) is 0 Å². The van der Waals surface area contributed by atoms with Gasteiger partial charge < -0.3 is 20.3 Å². The molecular formula is C20H26ClN3O2. The first-order chi connectivity index (χ1) is 12.1. The molecule has 140 valence electrons. The molecule has 0 saturated heterocycles. The van der Waals surface area contributed by atoms with E-state index in [4.69, 9.17) is 10.5 Å². The van der Waals surface area contributed by atoms with Crippen LogP contribution in [0, 0.1) is 0 Å². The molecule has 2 N–H and O–H groups in total. The first kappa shape index (κ1) is 19.9. The number of carbonyl (C=O) groups is 1. The molecule has 1 aliphatic heterocycles. The summed E-state index contributed by atoms with van der Waals surface area (Å²) >= 11 is 0. The van der Waals surface area contributed by atoms with Gasteiger partial charge in [-0.05, 0) is 48.2 Å². The highest BCUT2D eigenvalue weighted by Gasteiger charge is 2.22. The summed E-state index contributed by atoms with van der Waals surface area (Å²) in [5.74, 6) is 0.900. The predicted molar refractivity (Wildman–Crippen MR) is 108 cm³/mol. The zero-order chi connectivity index (χ0) is 17.8. The van der Waals surface area contributed by atoms with E-state index in [0.717, 1.165) is 47.6 Å². The Balaban J connectivity index is 0.00000243. The van der Waals surface area contributed by atoms with Crippen LogP contribution in [-0.4, -0.2) is 38.1 Å². The molecule has 2 aromatic rings. The van der Waals surface area contributed by atoms with Gasteiger partial charge >= 0.3 is 0 Å². The first-order valence-electron chi connectivity index (χ1n) is 8.57. The largest absolute Gasteiger partial charge is 0.497 e. The Morgan fingerprint density at radius 2 is 2.04 bits per heavy atom. The predicted octanol–water partition coefficient (Wildman–Crippen LogP) is 3.11. The zero-order valence-electron chi connectivity index (χ0n) is 15.3. The van der Waals surface area contributed by atoms with Crippen LogP contribution in [0.3, 0.4) is 0 Å². The summed E-state index contributed by atoms with van der Waals surface area (Å²) in [6.07, 6.45) is 2.00. The van der Waals surface area contributed by atoms with Gasteiger partial charge in [0.05, 0.1) is 13.7 Å². The molecule has 1 aliphatic rings. The maximum Gasteiger partial charge on any atom is 0.242 e. The third-order valence-corrected chi connectivity index (χ3v) is 4.69. The van der Waals surface area contributed by atoms with E-state index in [1.54, 1.807) is 12.0 Å². The van der Waals surface area contributed by atoms with E-state index in [9.17, 15) is 4.79 Å². The molecule has 0 radical (unpaired) electrons. The standard InChI is InChI=1S/C20H25N3O2.ClH/c1-22(13-15-6-3-7-16(12-15)25-2)20(24)14-23-11-5-8-17-18(21)9-4-10-19(17)23;/h3-4,6-7,9-10,12H,5,8,11,13-14,21H2,1-2H3;1H. The lowest BCUT2D eigenvalue weighted by atomic mass is 10.00. The van der Waals surface area contributed by atoms with E-state index in [-0.39, 0.29) is 18.3 Å². The maximum absolute atomic E-state index is 12.7. The van der Waals surface area contributed by atoms with Gasteiger partial charge in [0.2, 0.25) is 5.91 Å². The fourth-order valence-corrected chi connectivity index (χ4v) is 3.31. The van der Waals surface area contributed by atoms with Crippen molar-refractivity contribution in [3.05, 3.63) is 53.6 Å². The minimum Gasteiger partial charge on any atom is -0.497 e. The fraction of sp³-hybridized carbons (Fsp3) is 0.350. The van der Waals surface area contributed by atoms with Crippen molar-refractivity contribution in [2.45, 2.75) is 19.4 Å². The van der Waals surface area contributed by atoms with Gasteiger partial charge in [-0.15, -0.1) is 12.4 Å². The summed E-state index contributed by atoms with van der Waals surface area (Å²) in [6.45, 7) is 1.82. The molecule has 0 saturated carbocycles. The molecule has 0 aliphatic carbocycles. The van der Waals surface area contributed by atoms with Gasteiger partial charge in [-0.3, -0.25) is 4.79 Å². The number of rotatable bonds is 5. The van der Waals surface area contributed by atoms with Crippen molar-refractivity contribution >= 4 is 29.7 Å². The topological polar surface area (TPSA) is 58.8 Å². The second-order valence-electron chi connectivity index (χ2n) is 6.47. The van der Waals surface area contributed by atoms with Crippen LogP contribution in [0.4, 0.5) is 11.4 Å². The average Bonchev–Trinajstić information content (AvgIpc) is 2.62. The first-order valence-corrected chi connectivity index (χ1v) is 8.57. The summed E-state index contributed by atoms with van der Waals surface area (Å²) in [7, 11) is 3.49. The Morgan fingerprint density at radius 1 is 1.27 bits per heavy atom. The molecule has 0 bridgehead atoms. The molecule has 1 amide bonds. The van der Waals surface area contributed by atoms with Gasteiger partial charge in [0.15, 0.2) is 0 Å². The number of carbonyl (C=O) groups excluding carboxylic acids is 1. The SMILES string of the molecule is COc1cccc(CN(C)C(=O)CN2CCCc3c(N)cccc32)c1.Cl. The Hall–Kier alpha value is -2.40. The third kappa shape index (κ3) is 4.41. The number of fused-ring (bicyclic) bond motifs is 1. The Labute approximate surface area is 161 Å². The highest BCUT2D eigenvalue weighted by Crippen LogP contribution is 2.31. The van der Waals surface area contributed by atoms with Crippen molar-refractivity contribution < 1.29 is 9.53 Å². The average molecular weight is 376 g/mol. The van der Waals surface area contributed by atoms with Gasteiger partial charge in [0.25, 0.3) is 0 Å². The summed E-state index contributed by atoms with van der Waals surface area (Å²) in [5.41, 5.74) is 10.2. The van der Waals surface area contributed by atoms with Gasteiger partial charge in [-0.1, -0.05) is 18.2 Å². The fourth-order valence-electron chi connectivity index (χ4n) is 3.31. The van der Waals surface area contributed by atoms with Crippen LogP contribution in [0.2, 0.25) is 0 Å². The Morgan fingerprint density at radius 3 is 2.81 bits per heavy atom. The molecule has 1 heterocycles. The van der Waals surface area contributed by atoms with E-state index in [1.165, 1.54) is 0 Å². The molecule has 0 aromatic heterocycles. The van der Waals surface area contributed by atoms with Crippen LogP contribution in [-0.2, 0) is 17.8 Å². The number of benzene rings is 2. The molecule has 0 atom stereocenters. The van der Waals surface area contributed by atoms with E-state index in [0.29, 0.717) is 13.1 Å². The lowest BCUT2D eigenvalue weighted by molar-refractivity contribution is -0.129. The Bertz CT molecular complexity index is 766. The van der Waals surface area contributed by atoms with E-state index in [1.807, 2.05) is 43.4 Å². The molecule has 0 spiro atoms. The minimum atomic E-state index is 0. The van der Waals surface area contributed by atoms with Gasteiger partial charge in [-0.25, -0.2) is 0 Å². The smallest absolute Gasteiger partial charge is 0.242 e. The van der Waals surface area contributed by atoms with E-state index < -0.39 is 0 Å². The molecule has 0 unspecified atom stereocenters. The van der Waals surface area contributed by atoms with Crippen LogP contribution < -0.4 is 15.4 Å². The van der Waals surface area contributed by atoms with Crippen molar-refractivity contribution in [3.8, 4) is 5.75 Å². The van der Waals surface area contributed by atoms with Crippen molar-refractivity contribution in [1.29, 1.82) is 0 Å².